The number of hydrogen-bond acceptors (Lipinski definition) is 4. The second kappa shape index (κ2) is 5.37. The van der Waals surface area contributed by atoms with Gasteiger partial charge in [0.1, 0.15) is 5.69 Å². The SMILES string of the molecule is O=C(O)N1CC(n2cc(-c3cc(C(F)(F)F)nc(Cl)n3)cn2)C1. The fourth-order valence-electron chi connectivity index (χ4n) is 2.16. The van der Waals surface area contributed by atoms with Crippen LogP contribution in [0.5, 0.6) is 0 Å². The van der Waals surface area contributed by atoms with Gasteiger partial charge in [0.15, 0.2) is 0 Å². The Balaban J connectivity index is 1.84. The minimum atomic E-state index is -4.63. The molecule has 122 valence electrons. The van der Waals surface area contributed by atoms with Gasteiger partial charge in [0, 0.05) is 24.8 Å². The Hall–Kier alpha value is -2.36. The summed E-state index contributed by atoms with van der Waals surface area (Å²) in [5.41, 5.74) is -0.799. The summed E-state index contributed by atoms with van der Waals surface area (Å²) in [5.74, 6) is 0. The van der Waals surface area contributed by atoms with Crippen molar-refractivity contribution in [3.05, 3.63) is 29.4 Å². The van der Waals surface area contributed by atoms with E-state index in [0.717, 1.165) is 6.07 Å². The van der Waals surface area contributed by atoms with Crippen LogP contribution in [0.3, 0.4) is 0 Å². The van der Waals surface area contributed by atoms with E-state index in [2.05, 4.69) is 15.1 Å². The number of nitrogens with zero attached hydrogens (tertiary/aromatic N) is 5. The smallest absolute Gasteiger partial charge is 0.433 e. The zero-order chi connectivity index (χ0) is 16.8. The fourth-order valence-corrected chi connectivity index (χ4v) is 2.34. The molecule has 0 aliphatic carbocycles. The van der Waals surface area contributed by atoms with Gasteiger partial charge in [-0.05, 0) is 17.7 Å². The van der Waals surface area contributed by atoms with Gasteiger partial charge >= 0.3 is 12.3 Å². The summed E-state index contributed by atoms with van der Waals surface area (Å²) in [6.07, 6.45) is -2.80. The summed E-state index contributed by atoms with van der Waals surface area (Å²) in [5, 5.41) is 12.3. The number of likely N-dealkylation sites (tertiary alicyclic amines) is 1. The molecule has 1 amide bonds. The molecule has 0 radical (unpaired) electrons. The van der Waals surface area contributed by atoms with E-state index in [-0.39, 0.29) is 24.8 Å². The highest BCUT2D eigenvalue weighted by Gasteiger charge is 2.34. The van der Waals surface area contributed by atoms with Crippen LogP contribution in [-0.2, 0) is 6.18 Å². The van der Waals surface area contributed by atoms with Crippen LogP contribution >= 0.6 is 11.6 Å². The van der Waals surface area contributed by atoms with Crippen molar-refractivity contribution in [2.45, 2.75) is 12.2 Å². The molecule has 1 aliphatic rings. The van der Waals surface area contributed by atoms with E-state index < -0.39 is 23.2 Å². The van der Waals surface area contributed by atoms with Crippen molar-refractivity contribution in [3.63, 3.8) is 0 Å². The molecule has 11 heteroatoms. The molecule has 7 nitrogen and oxygen atoms in total. The molecular weight excluding hydrogens is 339 g/mol. The van der Waals surface area contributed by atoms with Gasteiger partial charge in [-0.1, -0.05) is 0 Å². The van der Waals surface area contributed by atoms with E-state index in [0.29, 0.717) is 5.56 Å². The van der Waals surface area contributed by atoms with Crippen LogP contribution in [0.4, 0.5) is 18.0 Å². The Kier molecular flexibility index (Phi) is 3.63. The summed E-state index contributed by atoms with van der Waals surface area (Å²) in [4.78, 5) is 18.8. The van der Waals surface area contributed by atoms with Crippen molar-refractivity contribution in [1.82, 2.24) is 24.6 Å². The number of amides is 1. The van der Waals surface area contributed by atoms with Crippen molar-refractivity contribution in [1.29, 1.82) is 0 Å². The Bertz CT molecular complexity index is 757. The average Bonchev–Trinajstić information content (AvgIpc) is 2.84. The first-order valence-corrected chi connectivity index (χ1v) is 6.76. The third-order valence-corrected chi connectivity index (χ3v) is 3.56. The van der Waals surface area contributed by atoms with Crippen molar-refractivity contribution in [2.75, 3.05) is 13.1 Å². The van der Waals surface area contributed by atoms with Gasteiger partial charge < -0.3 is 10.0 Å². The molecule has 1 aliphatic heterocycles. The summed E-state index contributed by atoms with van der Waals surface area (Å²) < 4.78 is 39.7. The molecule has 2 aromatic rings. The molecule has 2 aromatic heterocycles. The molecule has 0 atom stereocenters. The summed E-state index contributed by atoms with van der Waals surface area (Å²) in [6.45, 7) is 0.545. The van der Waals surface area contributed by atoms with Crippen LogP contribution in [0.1, 0.15) is 11.7 Å². The molecule has 23 heavy (non-hydrogen) atoms. The highest BCUT2D eigenvalue weighted by molar-refractivity contribution is 6.28. The number of rotatable bonds is 2. The number of aromatic nitrogens is 4. The van der Waals surface area contributed by atoms with Crippen molar-refractivity contribution >= 4 is 17.7 Å². The predicted octanol–water partition coefficient (Wildman–Crippen LogP) is 2.55. The van der Waals surface area contributed by atoms with E-state index in [1.165, 1.54) is 22.0 Å². The molecular formula is C12H9ClF3N5O2. The van der Waals surface area contributed by atoms with E-state index in [1.54, 1.807) is 0 Å². The molecule has 1 N–H and O–H groups in total. The molecule has 1 saturated heterocycles. The Morgan fingerprint density at radius 3 is 2.65 bits per heavy atom. The zero-order valence-electron chi connectivity index (χ0n) is 11.3. The second-order valence-electron chi connectivity index (χ2n) is 4.96. The standard InChI is InChI=1S/C12H9ClF3N5O2/c13-10-18-8(1-9(19-10)12(14,15)16)6-2-17-21(3-6)7-4-20(5-7)11(22)23/h1-3,7H,4-5H2,(H,22,23). The van der Waals surface area contributed by atoms with Gasteiger partial charge in [-0.3, -0.25) is 4.68 Å². The fraction of sp³-hybridized carbons (Fsp3) is 0.333. The molecule has 0 aromatic carbocycles. The van der Waals surface area contributed by atoms with Gasteiger partial charge in [-0.15, -0.1) is 0 Å². The molecule has 3 rings (SSSR count). The Morgan fingerprint density at radius 2 is 2.04 bits per heavy atom. The van der Waals surface area contributed by atoms with Gasteiger partial charge in [0.25, 0.3) is 0 Å². The average molecular weight is 348 g/mol. The number of hydrogen-bond donors (Lipinski definition) is 1. The maximum atomic E-state index is 12.7. The van der Waals surface area contributed by atoms with Crippen LogP contribution in [-0.4, -0.2) is 48.9 Å². The van der Waals surface area contributed by atoms with Gasteiger partial charge in [-0.25, -0.2) is 14.8 Å². The predicted molar refractivity (Wildman–Crippen MR) is 71.9 cm³/mol. The van der Waals surface area contributed by atoms with Crippen LogP contribution in [0, 0.1) is 0 Å². The topological polar surface area (TPSA) is 84.1 Å². The monoisotopic (exact) mass is 347 g/mol. The highest BCUT2D eigenvalue weighted by Crippen LogP contribution is 2.31. The number of alkyl halides is 3. The molecule has 0 spiro atoms. The van der Waals surface area contributed by atoms with Gasteiger partial charge in [0.2, 0.25) is 5.28 Å². The number of carboxylic acid groups (broad SMARTS) is 1. The maximum Gasteiger partial charge on any atom is 0.433 e. The number of carbonyl (C=O) groups is 1. The quantitative estimate of drug-likeness (QED) is 0.844. The van der Waals surface area contributed by atoms with E-state index in [1.807, 2.05) is 0 Å². The first kappa shape index (κ1) is 15.5. The van der Waals surface area contributed by atoms with Crippen LogP contribution in [0.15, 0.2) is 18.5 Å². The van der Waals surface area contributed by atoms with Crippen LogP contribution in [0.2, 0.25) is 5.28 Å². The third-order valence-electron chi connectivity index (χ3n) is 3.39. The number of halogens is 4. The molecule has 0 unspecified atom stereocenters. The lowest BCUT2D eigenvalue weighted by molar-refractivity contribution is -0.141. The Labute approximate surface area is 132 Å². The van der Waals surface area contributed by atoms with Crippen molar-refractivity contribution < 1.29 is 23.1 Å². The molecule has 3 heterocycles. The first-order valence-electron chi connectivity index (χ1n) is 6.38. The van der Waals surface area contributed by atoms with E-state index in [9.17, 15) is 18.0 Å². The lowest BCUT2D eigenvalue weighted by Crippen LogP contribution is -2.50. The third kappa shape index (κ3) is 3.07. The van der Waals surface area contributed by atoms with Gasteiger partial charge in [-0.2, -0.15) is 18.3 Å². The van der Waals surface area contributed by atoms with Crippen LogP contribution in [0.25, 0.3) is 11.3 Å². The largest absolute Gasteiger partial charge is 0.465 e. The summed E-state index contributed by atoms with van der Waals surface area (Å²) in [6, 6.07) is 0.636. The summed E-state index contributed by atoms with van der Waals surface area (Å²) >= 11 is 5.55. The Morgan fingerprint density at radius 1 is 1.35 bits per heavy atom. The molecule has 1 fully saturated rings. The highest BCUT2D eigenvalue weighted by atomic mass is 35.5. The zero-order valence-corrected chi connectivity index (χ0v) is 12.1. The molecule has 0 saturated carbocycles. The van der Waals surface area contributed by atoms with Crippen molar-refractivity contribution in [3.8, 4) is 11.3 Å². The molecule has 0 bridgehead atoms. The summed E-state index contributed by atoms with van der Waals surface area (Å²) in [7, 11) is 0. The lowest BCUT2D eigenvalue weighted by atomic mass is 10.1. The minimum Gasteiger partial charge on any atom is -0.465 e. The first-order chi connectivity index (χ1) is 10.7. The maximum absolute atomic E-state index is 12.7. The minimum absolute atomic E-state index is 0.00186. The second-order valence-corrected chi connectivity index (χ2v) is 5.29. The van der Waals surface area contributed by atoms with E-state index >= 15 is 0 Å². The van der Waals surface area contributed by atoms with Crippen LogP contribution < -0.4 is 0 Å². The van der Waals surface area contributed by atoms with Gasteiger partial charge in [0.05, 0.1) is 17.9 Å². The van der Waals surface area contributed by atoms with Crippen molar-refractivity contribution in [2.24, 2.45) is 0 Å². The normalized spacial score (nSPS) is 15.6. The lowest BCUT2D eigenvalue weighted by Gasteiger charge is -2.36. The van der Waals surface area contributed by atoms with E-state index in [4.69, 9.17) is 16.7 Å².